The number of hydrogen-bond acceptors (Lipinski definition) is 6. The lowest BCUT2D eigenvalue weighted by Crippen LogP contribution is -2.45. The second-order valence-corrected chi connectivity index (χ2v) is 8.55. The predicted molar refractivity (Wildman–Crippen MR) is 111 cm³/mol. The Morgan fingerprint density at radius 2 is 1.93 bits per heavy atom. The molecule has 1 aromatic carbocycles. The van der Waals surface area contributed by atoms with Crippen molar-refractivity contribution in [2.24, 2.45) is 0 Å². The molecule has 0 spiro atoms. The van der Waals surface area contributed by atoms with Crippen LogP contribution in [0, 0.1) is 5.82 Å². The van der Waals surface area contributed by atoms with Gasteiger partial charge >= 0.3 is 5.97 Å². The van der Waals surface area contributed by atoms with Crippen LogP contribution in [0.25, 0.3) is 10.9 Å². The van der Waals surface area contributed by atoms with Gasteiger partial charge in [-0.05, 0) is 13.1 Å². The number of nitrogens with zero attached hydrogens (tertiary/aromatic N) is 3. The van der Waals surface area contributed by atoms with E-state index >= 15 is 4.39 Å². The number of rotatable bonds is 2. The second-order valence-electron chi connectivity index (χ2n) is 7.55. The molecule has 154 valence electrons. The van der Waals surface area contributed by atoms with Crippen molar-refractivity contribution < 1.29 is 19.1 Å². The molecule has 4 heterocycles. The largest absolute Gasteiger partial charge is 0.477 e. The first-order chi connectivity index (χ1) is 13.4. The Bertz CT molecular complexity index is 1130. The fraction of sp³-hybridized carbons (Fsp3) is 0.421. The lowest BCUT2D eigenvalue weighted by molar-refractivity contribution is 0.0690. The highest BCUT2D eigenvalue weighted by Gasteiger charge is 2.40. The molecule has 0 saturated carbocycles. The highest BCUT2D eigenvalue weighted by atomic mass is 35.5. The average molecular weight is 440 g/mol. The number of piperazine rings is 1. The van der Waals surface area contributed by atoms with Crippen molar-refractivity contribution in [1.29, 1.82) is 0 Å². The van der Waals surface area contributed by atoms with E-state index in [1.54, 1.807) is 4.57 Å². The Kier molecular flexibility index (Phi) is 4.87. The van der Waals surface area contributed by atoms with Gasteiger partial charge in [0, 0.05) is 38.4 Å². The van der Waals surface area contributed by atoms with Gasteiger partial charge in [-0.3, -0.25) is 9.59 Å². The minimum absolute atomic E-state index is 0. The van der Waals surface area contributed by atoms with E-state index in [-0.39, 0.29) is 52.9 Å². The number of Topliss-reactive ketones (excluding diaryl/α,β-unsaturated/α-hetero) is 1. The number of carbonyl (C=O) groups is 2. The maximum atomic E-state index is 15.2. The Labute approximate surface area is 175 Å². The minimum atomic E-state index is -1.32. The quantitative estimate of drug-likeness (QED) is 0.768. The van der Waals surface area contributed by atoms with E-state index in [2.05, 4.69) is 4.90 Å². The van der Waals surface area contributed by atoms with Gasteiger partial charge < -0.3 is 19.5 Å². The number of carboxylic acids is 1. The maximum absolute atomic E-state index is 15.2. The molecule has 1 unspecified atom stereocenters. The van der Waals surface area contributed by atoms with Crippen molar-refractivity contribution in [2.75, 3.05) is 43.9 Å². The van der Waals surface area contributed by atoms with Gasteiger partial charge in [0.15, 0.2) is 5.78 Å². The smallest absolute Gasteiger partial charge is 0.342 e. The lowest BCUT2D eigenvalue weighted by Gasteiger charge is -2.36. The lowest BCUT2D eigenvalue weighted by atomic mass is 9.92. The Hall–Kier alpha value is -2.10. The van der Waals surface area contributed by atoms with Gasteiger partial charge in [-0.2, -0.15) is 0 Å². The van der Waals surface area contributed by atoms with Crippen LogP contribution >= 0.6 is 24.2 Å². The van der Waals surface area contributed by atoms with Gasteiger partial charge in [-0.25, -0.2) is 9.18 Å². The average Bonchev–Trinajstić information content (AvgIpc) is 3.05. The van der Waals surface area contributed by atoms with E-state index in [1.807, 2.05) is 11.9 Å². The van der Waals surface area contributed by atoms with E-state index in [1.165, 1.54) is 11.8 Å². The molecule has 1 fully saturated rings. The number of ketones is 1. The van der Waals surface area contributed by atoms with Gasteiger partial charge in [-0.1, -0.05) is 0 Å². The van der Waals surface area contributed by atoms with Gasteiger partial charge in [0.25, 0.3) is 0 Å². The number of pyridine rings is 1. The summed E-state index contributed by atoms with van der Waals surface area (Å²) < 4.78 is 17.0. The number of likely N-dealkylation sites (N-methyl/N-ethyl adjacent to an activating group) is 1. The summed E-state index contributed by atoms with van der Waals surface area (Å²) in [5.74, 6) is -1.61. The zero-order chi connectivity index (χ0) is 19.7. The van der Waals surface area contributed by atoms with Crippen molar-refractivity contribution in [1.82, 2.24) is 9.47 Å². The number of aromatic carboxylic acids is 1. The second kappa shape index (κ2) is 7.00. The van der Waals surface area contributed by atoms with Gasteiger partial charge in [0.2, 0.25) is 5.43 Å². The van der Waals surface area contributed by atoms with Crippen molar-refractivity contribution >= 4 is 52.5 Å². The molecule has 3 aliphatic rings. The molecule has 5 rings (SSSR count). The molecule has 0 bridgehead atoms. The van der Waals surface area contributed by atoms with Crippen molar-refractivity contribution in [3.63, 3.8) is 0 Å². The highest BCUT2D eigenvalue weighted by molar-refractivity contribution is 7.99. The zero-order valence-electron chi connectivity index (χ0n) is 15.6. The van der Waals surface area contributed by atoms with E-state index in [9.17, 15) is 19.5 Å². The molecule has 3 aliphatic heterocycles. The van der Waals surface area contributed by atoms with Gasteiger partial charge in [0.05, 0.1) is 33.2 Å². The van der Waals surface area contributed by atoms with Crippen LogP contribution in [0.5, 0.6) is 0 Å². The molecule has 0 radical (unpaired) electrons. The summed E-state index contributed by atoms with van der Waals surface area (Å²) in [6, 6.07) is 0.916. The fourth-order valence-corrected chi connectivity index (χ4v) is 5.83. The summed E-state index contributed by atoms with van der Waals surface area (Å²) >= 11 is 1.28. The minimum Gasteiger partial charge on any atom is -0.477 e. The maximum Gasteiger partial charge on any atom is 0.342 e. The van der Waals surface area contributed by atoms with E-state index in [4.69, 9.17) is 0 Å². The number of thioether (sulfide) groups is 1. The van der Waals surface area contributed by atoms with Gasteiger partial charge in [0.1, 0.15) is 11.4 Å². The molecule has 10 heteroatoms. The number of carboxylic acid groups (broad SMARTS) is 1. The molecule has 1 atom stereocenters. The summed E-state index contributed by atoms with van der Waals surface area (Å²) in [4.78, 5) is 41.7. The van der Waals surface area contributed by atoms with Crippen LogP contribution in [0.15, 0.2) is 15.9 Å². The van der Waals surface area contributed by atoms with Crippen LogP contribution in [0.3, 0.4) is 0 Å². The van der Waals surface area contributed by atoms with Crippen molar-refractivity contribution in [2.45, 2.75) is 17.5 Å². The Morgan fingerprint density at radius 1 is 1.24 bits per heavy atom. The molecular formula is C19H19ClFN3O4S. The van der Waals surface area contributed by atoms with Crippen LogP contribution in [0.4, 0.5) is 10.1 Å². The molecule has 29 heavy (non-hydrogen) atoms. The summed E-state index contributed by atoms with van der Waals surface area (Å²) in [5.41, 5.74) is -0.174. The SMILES string of the molecule is CN1CCN(c2c(F)cc3c(=O)c(C(=O)O)c4n5c3c2C(=O)CC5CS4)CC1.Cl. The monoisotopic (exact) mass is 439 g/mol. The molecule has 2 aromatic rings. The standard InChI is InChI=1S/C19H18FN3O4S.ClH/c1-21-2-4-22(5-3-21)16-11(20)7-10-15-13(16)12(24)6-9-8-28-18(23(9)15)14(17(10)25)19(26)27;/h7,9H,2-6,8H2,1H3,(H,26,27);1H. The molecule has 0 amide bonds. The molecular weight excluding hydrogens is 421 g/mol. The molecule has 7 nitrogen and oxygen atoms in total. The van der Waals surface area contributed by atoms with Crippen LogP contribution < -0.4 is 10.3 Å². The summed E-state index contributed by atoms with van der Waals surface area (Å²) in [6.45, 7) is 2.67. The third kappa shape index (κ3) is 2.78. The third-order valence-electron chi connectivity index (χ3n) is 5.88. The topological polar surface area (TPSA) is 82.8 Å². The number of carbonyl (C=O) groups excluding carboxylic acids is 1. The molecule has 1 saturated heterocycles. The van der Waals surface area contributed by atoms with E-state index in [0.717, 1.165) is 19.2 Å². The van der Waals surface area contributed by atoms with Crippen LogP contribution in [0.1, 0.15) is 33.2 Å². The molecule has 0 aliphatic carbocycles. The number of anilines is 1. The van der Waals surface area contributed by atoms with E-state index < -0.39 is 17.2 Å². The Morgan fingerprint density at radius 3 is 2.59 bits per heavy atom. The van der Waals surface area contributed by atoms with Crippen LogP contribution in [-0.2, 0) is 0 Å². The number of aromatic nitrogens is 1. The normalized spacial score (nSPS) is 20.8. The number of benzene rings is 1. The first-order valence-electron chi connectivity index (χ1n) is 9.16. The summed E-state index contributed by atoms with van der Waals surface area (Å²) in [7, 11) is 1.99. The van der Waals surface area contributed by atoms with Crippen molar-refractivity contribution in [3.8, 4) is 0 Å². The van der Waals surface area contributed by atoms with Gasteiger partial charge in [-0.15, -0.1) is 24.2 Å². The summed E-state index contributed by atoms with van der Waals surface area (Å²) in [5, 5.41) is 9.92. The van der Waals surface area contributed by atoms with Crippen LogP contribution in [0.2, 0.25) is 0 Å². The fourth-order valence-electron chi connectivity index (χ4n) is 4.50. The Balaban J connectivity index is 0.00000205. The van der Waals surface area contributed by atoms with E-state index in [0.29, 0.717) is 29.4 Å². The first-order valence-corrected chi connectivity index (χ1v) is 10.1. The highest BCUT2D eigenvalue weighted by Crippen LogP contribution is 2.46. The molecule has 1 N–H and O–H groups in total. The molecule has 1 aromatic heterocycles. The first kappa shape index (κ1) is 20.2. The zero-order valence-corrected chi connectivity index (χ0v) is 17.2. The third-order valence-corrected chi connectivity index (χ3v) is 7.11. The number of hydrogen-bond donors (Lipinski definition) is 1. The predicted octanol–water partition coefficient (Wildman–Crippen LogP) is 2.25. The summed E-state index contributed by atoms with van der Waals surface area (Å²) in [6.07, 6.45) is 0.189. The van der Waals surface area contributed by atoms with Crippen molar-refractivity contribution in [3.05, 3.63) is 33.2 Å². The van der Waals surface area contributed by atoms with Crippen LogP contribution in [-0.4, -0.2) is 65.3 Å². The number of halogens is 2.